The van der Waals surface area contributed by atoms with Gasteiger partial charge in [-0.15, -0.1) is 0 Å². The molecule has 0 heterocycles. The molecule has 0 aromatic heterocycles. The van der Waals surface area contributed by atoms with Crippen LogP contribution in [0, 0.1) is 13.8 Å². The van der Waals surface area contributed by atoms with E-state index in [9.17, 15) is 8.42 Å². The van der Waals surface area contributed by atoms with Crippen molar-refractivity contribution in [3.8, 4) is 0 Å². The Morgan fingerprint density at radius 1 is 1.31 bits per heavy atom. The van der Waals surface area contributed by atoms with E-state index in [4.69, 9.17) is 10.3 Å². The van der Waals surface area contributed by atoms with Crippen LogP contribution in [0.3, 0.4) is 0 Å². The summed E-state index contributed by atoms with van der Waals surface area (Å²) < 4.78 is 30.7. The normalized spacial score (nSPS) is 11.6. The maximum Gasteiger partial charge on any atom is 0.296 e. The minimum atomic E-state index is -4.21. The van der Waals surface area contributed by atoms with Gasteiger partial charge in [-0.1, -0.05) is 6.07 Å². The largest absolute Gasteiger partial charge is 0.398 e. The number of anilines is 1. The Bertz CT molecular complexity index is 437. The van der Waals surface area contributed by atoms with E-state index in [0.717, 1.165) is 5.56 Å². The maximum atomic E-state index is 10.9. The SMILES string of the molecule is Cc1ccc(N)c(S(=O)(=O)O)c1C. The number of benzene rings is 1. The Hall–Kier alpha value is -1.07. The summed E-state index contributed by atoms with van der Waals surface area (Å²) in [5, 5.41) is 0. The summed E-state index contributed by atoms with van der Waals surface area (Å²) in [6.07, 6.45) is 0. The van der Waals surface area contributed by atoms with Gasteiger partial charge in [0.05, 0.1) is 5.69 Å². The molecule has 0 saturated heterocycles. The van der Waals surface area contributed by atoms with Gasteiger partial charge >= 0.3 is 0 Å². The van der Waals surface area contributed by atoms with Gasteiger partial charge in [0, 0.05) is 0 Å². The van der Waals surface area contributed by atoms with Crippen LogP contribution in [0.4, 0.5) is 5.69 Å². The molecule has 4 nitrogen and oxygen atoms in total. The Kier molecular flexibility index (Phi) is 2.32. The molecule has 72 valence electrons. The van der Waals surface area contributed by atoms with Crippen LogP contribution in [-0.4, -0.2) is 13.0 Å². The van der Waals surface area contributed by atoms with Crippen molar-refractivity contribution in [2.75, 3.05) is 5.73 Å². The van der Waals surface area contributed by atoms with Crippen molar-refractivity contribution in [3.63, 3.8) is 0 Å². The third-order valence-corrected chi connectivity index (χ3v) is 3.02. The smallest absolute Gasteiger partial charge is 0.296 e. The van der Waals surface area contributed by atoms with Crippen molar-refractivity contribution in [1.29, 1.82) is 0 Å². The van der Waals surface area contributed by atoms with Crippen LogP contribution in [0.5, 0.6) is 0 Å². The first-order chi connectivity index (χ1) is 5.84. The Morgan fingerprint density at radius 2 is 1.85 bits per heavy atom. The number of nitrogens with two attached hydrogens (primary N) is 1. The molecule has 0 unspecified atom stereocenters. The van der Waals surface area contributed by atoms with Crippen LogP contribution in [0.25, 0.3) is 0 Å². The van der Waals surface area contributed by atoms with E-state index >= 15 is 0 Å². The number of nitrogen functional groups attached to an aromatic ring is 1. The molecule has 0 aliphatic rings. The number of hydrogen-bond acceptors (Lipinski definition) is 3. The molecule has 5 heteroatoms. The second-order valence-corrected chi connectivity index (χ2v) is 4.26. The van der Waals surface area contributed by atoms with Gasteiger partial charge in [0.2, 0.25) is 0 Å². The summed E-state index contributed by atoms with van der Waals surface area (Å²) in [4.78, 5) is -0.187. The second kappa shape index (κ2) is 3.01. The van der Waals surface area contributed by atoms with E-state index in [1.54, 1.807) is 19.9 Å². The van der Waals surface area contributed by atoms with Crippen molar-refractivity contribution < 1.29 is 13.0 Å². The molecule has 0 aliphatic heterocycles. The van der Waals surface area contributed by atoms with Crippen LogP contribution < -0.4 is 5.73 Å². The first-order valence-electron chi connectivity index (χ1n) is 3.67. The predicted molar refractivity (Wildman–Crippen MR) is 50.1 cm³/mol. The van der Waals surface area contributed by atoms with Crippen molar-refractivity contribution >= 4 is 15.8 Å². The highest BCUT2D eigenvalue weighted by Crippen LogP contribution is 2.24. The molecule has 0 atom stereocenters. The lowest BCUT2D eigenvalue weighted by atomic mass is 10.1. The Balaban J connectivity index is 3.62. The summed E-state index contributed by atoms with van der Waals surface area (Å²) in [7, 11) is -4.21. The zero-order valence-corrected chi connectivity index (χ0v) is 8.22. The summed E-state index contributed by atoms with van der Waals surface area (Å²) in [5.41, 5.74) is 6.78. The van der Waals surface area contributed by atoms with E-state index in [2.05, 4.69) is 0 Å². The lowest BCUT2D eigenvalue weighted by Crippen LogP contribution is -2.06. The second-order valence-electron chi connectivity index (χ2n) is 2.90. The molecule has 3 N–H and O–H groups in total. The summed E-state index contributed by atoms with van der Waals surface area (Å²) >= 11 is 0. The molecular formula is C8H11NO3S. The zero-order valence-electron chi connectivity index (χ0n) is 7.40. The standard InChI is InChI=1S/C8H11NO3S/c1-5-3-4-7(9)8(6(5)2)13(10,11)12/h3-4H,9H2,1-2H3,(H,10,11,12). The van der Waals surface area contributed by atoms with Crippen LogP contribution in [0.1, 0.15) is 11.1 Å². The molecule has 0 amide bonds. The van der Waals surface area contributed by atoms with Crippen LogP contribution in [-0.2, 0) is 10.1 Å². The van der Waals surface area contributed by atoms with E-state index < -0.39 is 10.1 Å². The fourth-order valence-corrected chi connectivity index (χ4v) is 2.07. The minimum Gasteiger partial charge on any atom is -0.398 e. The van der Waals surface area contributed by atoms with Crippen molar-refractivity contribution in [1.82, 2.24) is 0 Å². The molecule has 0 spiro atoms. The highest BCUT2D eigenvalue weighted by atomic mass is 32.2. The van der Waals surface area contributed by atoms with E-state index in [1.807, 2.05) is 0 Å². The molecule has 1 aromatic rings. The highest BCUT2D eigenvalue weighted by molar-refractivity contribution is 7.86. The average molecular weight is 201 g/mol. The average Bonchev–Trinajstić information content (AvgIpc) is 1.95. The summed E-state index contributed by atoms with van der Waals surface area (Å²) in [5.74, 6) is 0. The number of rotatable bonds is 1. The highest BCUT2D eigenvalue weighted by Gasteiger charge is 2.17. The Labute approximate surface area is 77.1 Å². The molecule has 0 fully saturated rings. The Morgan fingerprint density at radius 3 is 2.23 bits per heavy atom. The zero-order chi connectivity index (χ0) is 10.2. The van der Waals surface area contributed by atoms with Gasteiger partial charge in [-0.2, -0.15) is 8.42 Å². The van der Waals surface area contributed by atoms with E-state index in [1.165, 1.54) is 6.07 Å². The molecule has 0 aliphatic carbocycles. The topological polar surface area (TPSA) is 80.4 Å². The minimum absolute atomic E-state index is 0.0746. The van der Waals surface area contributed by atoms with Crippen LogP contribution >= 0.6 is 0 Å². The van der Waals surface area contributed by atoms with E-state index in [0.29, 0.717) is 5.56 Å². The molecular weight excluding hydrogens is 190 g/mol. The molecule has 0 radical (unpaired) electrons. The van der Waals surface area contributed by atoms with Crippen molar-refractivity contribution in [2.24, 2.45) is 0 Å². The molecule has 1 rings (SSSR count). The predicted octanol–water partition coefficient (Wildman–Crippen LogP) is 1.13. The van der Waals surface area contributed by atoms with Crippen LogP contribution in [0.2, 0.25) is 0 Å². The lowest BCUT2D eigenvalue weighted by Gasteiger charge is -2.08. The molecule has 0 saturated carbocycles. The summed E-state index contributed by atoms with van der Waals surface area (Å²) in [6, 6.07) is 3.17. The van der Waals surface area contributed by atoms with E-state index in [-0.39, 0.29) is 10.6 Å². The van der Waals surface area contributed by atoms with Gasteiger partial charge in [-0.05, 0) is 31.0 Å². The van der Waals surface area contributed by atoms with Gasteiger partial charge < -0.3 is 5.73 Å². The van der Waals surface area contributed by atoms with Crippen molar-refractivity contribution in [3.05, 3.63) is 23.3 Å². The molecule has 0 bridgehead atoms. The fourth-order valence-electron chi connectivity index (χ4n) is 1.15. The molecule has 1 aromatic carbocycles. The van der Waals surface area contributed by atoms with Gasteiger partial charge in [-0.3, -0.25) is 4.55 Å². The third-order valence-electron chi connectivity index (χ3n) is 1.97. The summed E-state index contributed by atoms with van der Waals surface area (Å²) in [6.45, 7) is 3.36. The van der Waals surface area contributed by atoms with Gasteiger partial charge in [0.25, 0.3) is 10.1 Å². The number of aryl methyl sites for hydroxylation is 1. The van der Waals surface area contributed by atoms with Crippen LogP contribution in [0.15, 0.2) is 17.0 Å². The first-order valence-corrected chi connectivity index (χ1v) is 5.11. The van der Waals surface area contributed by atoms with Gasteiger partial charge in [0.15, 0.2) is 0 Å². The van der Waals surface area contributed by atoms with Crippen molar-refractivity contribution in [2.45, 2.75) is 18.7 Å². The quantitative estimate of drug-likeness (QED) is 0.527. The maximum absolute atomic E-state index is 10.9. The molecule has 13 heavy (non-hydrogen) atoms. The van der Waals surface area contributed by atoms with Gasteiger partial charge in [-0.25, -0.2) is 0 Å². The monoisotopic (exact) mass is 201 g/mol. The lowest BCUT2D eigenvalue weighted by molar-refractivity contribution is 0.483. The van der Waals surface area contributed by atoms with Gasteiger partial charge in [0.1, 0.15) is 4.90 Å². The fraction of sp³-hybridized carbons (Fsp3) is 0.250. The first kappa shape index (κ1) is 10.0. The third kappa shape index (κ3) is 1.81. The number of hydrogen-bond donors (Lipinski definition) is 2.